The van der Waals surface area contributed by atoms with E-state index in [1.165, 1.54) is 0 Å². The second kappa shape index (κ2) is 11.7. The fraction of sp³-hybridized carbons (Fsp3) is 0.917. The largest absolute Gasteiger partial charge is 0.432 e. The molecule has 6 rings (SSSR count). The molecule has 12 heteroatoms. The zero-order valence-corrected chi connectivity index (χ0v) is 29.1. The molecule has 48 heavy (non-hydrogen) atoms. The quantitative estimate of drug-likeness (QED) is 0.145. The van der Waals surface area contributed by atoms with E-state index in [0.717, 1.165) is 5.57 Å². The smallest absolute Gasteiger partial charge is 0.315 e. The Morgan fingerprint density at radius 3 is 2.21 bits per heavy atom. The van der Waals surface area contributed by atoms with Crippen molar-refractivity contribution in [3.63, 3.8) is 0 Å². The van der Waals surface area contributed by atoms with Gasteiger partial charge in [0.2, 0.25) is 6.29 Å². The second-order valence-electron chi connectivity index (χ2n) is 17.7. The first-order valence-electron chi connectivity index (χ1n) is 17.8. The van der Waals surface area contributed by atoms with Crippen molar-refractivity contribution in [2.45, 2.75) is 141 Å². The van der Waals surface area contributed by atoms with Crippen LogP contribution in [0, 0.1) is 50.7 Å². The molecule has 6 aliphatic rings. The zero-order valence-electron chi connectivity index (χ0n) is 29.1. The van der Waals surface area contributed by atoms with Gasteiger partial charge in [0.15, 0.2) is 0 Å². The van der Waals surface area contributed by atoms with Crippen LogP contribution < -0.4 is 0 Å². The monoisotopic (exact) mass is 682 g/mol. The number of carbonyl (C=O) groups excluding carboxylic acids is 1. The predicted molar refractivity (Wildman–Crippen MR) is 170 cm³/mol. The molecule has 1 aliphatic heterocycles. The molecule has 18 unspecified atom stereocenters. The van der Waals surface area contributed by atoms with Crippen LogP contribution in [0.1, 0.15) is 86.5 Å². The van der Waals surface area contributed by atoms with Gasteiger partial charge < -0.3 is 55.4 Å². The van der Waals surface area contributed by atoms with Crippen LogP contribution in [0.15, 0.2) is 11.6 Å². The molecule has 0 amide bonds. The summed E-state index contributed by atoms with van der Waals surface area (Å²) < 4.78 is 11.4. The number of aliphatic hydroxyl groups excluding tert-OH is 8. The summed E-state index contributed by atoms with van der Waals surface area (Å²) in [5.41, 5.74) is -4.54. The van der Waals surface area contributed by atoms with Crippen molar-refractivity contribution in [3.8, 4) is 0 Å². The maximum atomic E-state index is 14.5. The van der Waals surface area contributed by atoms with Crippen molar-refractivity contribution in [1.29, 1.82) is 0 Å². The SMILES string of the molecule is CC1CCC2(C(=O)OC3OC(CO)C(O)C(O)C3O)CCC3(C)C(=CCC4C5(C)CC(O)C(O)C(C)(CO)C5C(O)CC43C)C2C1(C)O. The molecule has 0 radical (unpaired) electrons. The Morgan fingerprint density at radius 1 is 0.917 bits per heavy atom. The summed E-state index contributed by atoms with van der Waals surface area (Å²) in [6.45, 7) is 10.8. The highest BCUT2D eigenvalue weighted by molar-refractivity contribution is 5.79. The summed E-state index contributed by atoms with van der Waals surface area (Å²) in [6, 6.07) is 0. The number of rotatable bonds is 4. The van der Waals surface area contributed by atoms with E-state index in [1.807, 2.05) is 6.92 Å². The van der Waals surface area contributed by atoms with Crippen LogP contribution in [0.4, 0.5) is 0 Å². The minimum Gasteiger partial charge on any atom is -0.432 e. The lowest BCUT2D eigenvalue weighted by atomic mass is 9.32. The van der Waals surface area contributed by atoms with Crippen molar-refractivity contribution >= 4 is 5.97 Å². The third kappa shape index (κ3) is 4.60. The summed E-state index contributed by atoms with van der Waals surface area (Å²) in [5, 5.41) is 98.2. The van der Waals surface area contributed by atoms with Gasteiger partial charge >= 0.3 is 5.97 Å². The van der Waals surface area contributed by atoms with Crippen LogP contribution in [0.5, 0.6) is 0 Å². The van der Waals surface area contributed by atoms with Gasteiger partial charge in [0.25, 0.3) is 0 Å². The van der Waals surface area contributed by atoms with Gasteiger partial charge in [0.1, 0.15) is 24.4 Å². The molecular formula is C36H58O12. The molecule has 1 saturated heterocycles. The molecule has 0 bridgehead atoms. The van der Waals surface area contributed by atoms with Gasteiger partial charge in [-0.1, -0.05) is 46.3 Å². The van der Waals surface area contributed by atoms with Crippen molar-refractivity contribution in [2.75, 3.05) is 13.2 Å². The van der Waals surface area contributed by atoms with Gasteiger partial charge in [-0.25, -0.2) is 0 Å². The molecule has 9 N–H and O–H groups in total. The summed E-state index contributed by atoms with van der Waals surface area (Å²) in [6.07, 6.45) is -5.98. The van der Waals surface area contributed by atoms with Crippen LogP contribution in [0.25, 0.3) is 0 Å². The third-order valence-corrected chi connectivity index (χ3v) is 15.5. The number of fused-ring (bicyclic) bond motifs is 7. The van der Waals surface area contributed by atoms with E-state index < -0.39 is 106 Å². The molecule has 0 aromatic carbocycles. The van der Waals surface area contributed by atoms with E-state index >= 15 is 0 Å². The number of hydrogen-bond acceptors (Lipinski definition) is 12. The Morgan fingerprint density at radius 2 is 1.58 bits per heavy atom. The Bertz CT molecular complexity index is 1300. The maximum absolute atomic E-state index is 14.5. The number of allylic oxidation sites excluding steroid dienone is 1. The first-order valence-corrected chi connectivity index (χ1v) is 17.8. The van der Waals surface area contributed by atoms with E-state index in [2.05, 4.69) is 26.8 Å². The van der Waals surface area contributed by atoms with Gasteiger partial charge in [-0.3, -0.25) is 4.79 Å². The number of hydrogen-bond donors (Lipinski definition) is 9. The van der Waals surface area contributed by atoms with Crippen molar-refractivity contribution in [2.24, 2.45) is 50.7 Å². The van der Waals surface area contributed by atoms with Crippen molar-refractivity contribution < 1.29 is 60.2 Å². The fourth-order valence-corrected chi connectivity index (χ4v) is 12.5. The zero-order chi connectivity index (χ0) is 35.6. The van der Waals surface area contributed by atoms with Gasteiger partial charge in [0.05, 0.1) is 42.5 Å². The van der Waals surface area contributed by atoms with Crippen LogP contribution >= 0.6 is 0 Å². The number of carbonyl (C=O) groups is 1. The number of aliphatic hydroxyl groups is 9. The highest BCUT2D eigenvalue weighted by Gasteiger charge is 2.74. The van der Waals surface area contributed by atoms with E-state index in [-0.39, 0.29) is 24.9 Å². The normalized spacial score (nSPS) is 58.1. The summed E-state index contributed by atoms with van der Waals surface area (Å²) >= 11 is 0. The van der Waals surface area contributed by atoms with Crippen LogP contribution in [-0.4, -0.2) is 120 Å². The highest BCUT2D eigenvalue weighted by atomic mass is 16.7. The summed E-state index contributed by atoms with van der Waals surface area (Å²) in [4.78, 5) is 14.5. The number of ether oxygens (including phenoxy) is 2. The second-order valence-corrected chi connectivity index (χ2v) is 17.7. The van der Waals surface area contributed by atoms with Gasteiger partial charge in [-0.2, -0.15) is 0 Å². The van der Waals surface area contributed by atoms with Gasteiger partial charge in [-0.15, -0.1) is 0 Å². The molecule has 0 aromatic heterocycles. The minimum atomic E-state index is -1.75. The van der Waals surface area contributed by atoms with Crippen LogP contribution in [-0.2, 0) is 14.3 Å². The van der Waals surface area contributed by atoms with E-state index in [0.29, 0.717) is 38.5 Å². The molecule has 12 nitrogen and oxygen atoms in total. The topological polar surface area (TPSA) is 218 Å². The first-order chi connectivity index (χ1) is 22.2. The van der Waals surface area contributed by atoms with E-state index in [1.54, 1.807) is 13.8 Å². The Labute approximate surface area is 282 Å². The summed E-state index contributed by atoms with van der Waals surface area (Å²) in [7, 11) is 0. The average molecular weight is 683 g/mol. The molecule has 5 fully saturated rings. The molecule has 4 saturated carbocycles. The van der Waals surface area contributed by atoms with Crippen molar-refractivity contribution in [3.05, 3.63) is 11.6 Å². The predicted octanol–water partition coefficient (Wildman–Crippen LogP) is 0.377. The van der Waals surface area contributed by atoms with E-state index in [4.69, 9.17) is 9.47 Å². The fourth-order valence-electron chi connectivity index (χ4n) is 12.5. The molecule has 0 aromatic rings. The lowest BCUT2D eigenvalue weighted by Gasteiger charge is -2.73. The van der Waals surface area contributed by atoms with E-state index in [9.17, 15) is 50.8 Å². The van der Waals surface area contributed by atoms with Crippen LogP contribution in [0.3, 0.4) is 0 Å². The maximum Gasteiger partial charge on any atom is 0.315 e. The minimum absolute atomic E-state index is 0.0558. The lowest BCUT2D eigenvalue weighted by Crippen LogP contribution is -2.72. The van der Waals surface area contributed by atoms with Gasteiger partial charge in [-0.05, 0) is 80.0 Å². The Hall–Kier alpha value is -1.19. The Kier molecular flexibility index (Phi) is 8.89. The highest BCUT2D eigenvalue weighted by Crippen LogP contribution is 2.76. The average Bonchev–Trinajstić information content (AvgIpc) is 3.02. The standard InChI is InChI=1S/C36H58O12/c1-17-9-10-36(30(45)48-29-25(43)24(42)23(41)21(15-37)47-29)12-11-33(4)18(26(36)35(17,6)46)7-8-22-31(2)13-20(40)28(44)32(3,16-38)27(31)19(39)14-34(22,33)5/h7,17,19-29,37-44,46H,8-16H2,1-6H3. The van der Waals surface area contributed by atoms with Crippen LogP contribution in [0.2, 0.25) is 0 Å². The Balaban J connectivity index is 1.42. The molecule has 0 spiro atoms. The molecule has 274 valence electrons. The molecule has 5 aliphatic carbocycles. The first kappa shape index (κ1) is 36.6. The molecular weight excluding hydrogens is 624 g/mol. The number of esters is 1. The molecule has 18 atom stereocenters. The summed E-state index contributed by atoms with van der Waals surface area (Å²) in [5.74, 6) is -2.08. The van der Waals surface area contributed by atoms with Gasteiger partial charge in [0, 0.05) is 17.3 Å². The third-order valence-electron chi connectivity index (χ3n) is 15.5. The molecule has 1 heterocycles. The van der Waals surface area contributed by atoms with Crippen molar-refractivity contribution in [1.82, 2.24) is 0 Å². The lowest BCUT2D eigenvalue weighted by molar-refractivity contribution is -0.300.